The molecule has 2 N–H and O–H groups in total. The molecule has 0 saturated carbocycles. The standard InChI is InChI=1S/C28H23N3O4S/c1-19(20-10-9-11-21(18-20)31-36(33,34)22-12-3-2-4-13-22)29-30-28(32)27-23-14-5-7-16-25(23)35-26-17-8-6-15-24(26)27/h2-18,27,31H,1H3,(H,30,32). The second-order valence-electron chi connectivity index (χ2n) is 8.28. The molecule has 0 aliphatic carbocycles. The maximum Gasteiger partial charge on any atom is 0.261 e. The zero-order chi connectivity index (χ0) is 25.1. The van der Waals surface area contributed by atoms with Crippen LogP contribution in [-0.2, 0) is 14.8 Å². The number of benzene rings is 4. The average Bonchev–Trinajstić information content (AvgIpc) is 2.90. The molecule has 5 rings (SSSR count). The Morgan fingerprint density at radius 1 is 0.806 bits per heavy atom. The van der Waals surface area contributed by atoms with Gasteiger partial charge in [0.25, 0.3) is 15.9 Å². The molecule has 4 aromatic carbocycles. The molecule has 0 bridgehead atoms. The van der Waals surface area contributed by atoms with Gasteiger partial charge in [0.2, 0.25) is 0 Å². The van der Waals surface area contributed by atoms with Crippen LogP contribution in [0.5, 0.6) is 11.5 Å². The van der Waals surface area contributed by atoms with Crippen molar-refractivity contribution < 1.29 is 17.9 Å². The second kappa shape index (κ2) is 9.67. The summed E-state index contributed by atoms with van der Waals surface area (Å²) in [4.78, 5) is 13.5. The van der Waals surface area contributed by atoms with Crippen molar-refractivity contribution in [3.8, 4) is 11.5 Å². The summed E-state index contributed by atoms with van der Waals surface area (Å²) < 4.78 is 33.9. The quantitative estimate of drug-likeness (QED) is 0.280. The number of rotatable bonds is 6. The number of para-hydroxylation sites is 2. The molecule has 0 spiro atoms. The molecular weight excluding hydrogens is 474 g/mol. The van der Waals surface area contributed by atoms with E-state index in [0.717, 1.165) is 11.1 Å². The third-order valence-electron chi connectivity index (χ3n) is 5.86. The highest BCUT2D eigenvalue weighted by Gasteiger charge is 2.32. The Bertz CT molecular complexity index is 1520. The zero-order valence-corrected chi connectivity index (χ0v) is 20.2. The number of sulfonamides is 1. The fraction of sp³-hybridized carbons (Fsp3) is 0.0714. The van der Waals surface area contributed by atoms with Gasteiger partial charge >= 0.3 is 0 Å². The Morgan fingerprint density at radius 2 is 1.42 bits per heavy atom. The van der Waals surface area contributed by atoms with Crippen LogP contribution >= 0.6 is 0 Å². The van der Waals surface area contributed by atoms with Gasteiger partial charge in [-0.05, 0) is 48.9 Å². The highest BCUT2D eigenvalue weighted by molar-refractivity contribution is 7.92. The molecular formula is C28H23N3O4S. The minimum absolute atomic E-state index is 0.171. The first kappa shape index (κ1) is 23.3. The molecule has 0 aromatic heterocycles. The van der Waals surface area contributed by atoms with Crippen molar-refractivity contribution in [2.75, 3.05) is 4.72 Å². The van der Waals surface area contributed by atoms with E-state index in [9.17, 15) is 13.2 Å². The fourth-order valence-electron chi connectivity index (χ4n) is 4.08. The lowest BCUT2D eigenvalue weighted by atomic mass is 9.87. The fourth-order valence-corrected chi connectivity index (χ4v) is 5.15. The maximum absolute atomic E-state index is 13.3. The lowest BCUT2D eigenvalue weighted by Gasteiger charge is -2.26. The third-order valence-corrected chi connectivity index (χ3v) is 7.26. The number of carbonyl (C=O) groups excluding carboxylic acids is 1. The van der Waals surface area contributed by atoms with E-state index in [0.29, 0.717) is 28.5 Å². The number of nitrogens with zero attached hydrogens (tertiary/aromatic N) is 1. The molecule has 1 aliphatic rings. The van der Waals surface area contributed by atoms with Gasteiger partial charge in [-0.25, -0.2) is 13.8 Å². The Hall–Kier alpha value is -4.43. The van der Waals surface area contributed by atoms with E-state index in [1.165, 1.54) is 12.1 Å². The number of anilines is 1. The monoisotopic (exact) mass is 497 g/mol. The minimum atomic E-state index is -3.72. The Labute approximate surface area is 209 Å². The van der Waals surface area contributed by atoms with Crippen molar-refractivity contribution in [1.29, 1.82) is 0 Å². The lowest BCUT2D eigenvalue weighted by Crippen LogP contribution is -2.29. The predicted octanol–water partition coefficient (Wildman–Crippen LogP) is 5.27. The van der Waals surface area contributed by atoms with Gasteiger partial charge in [-0.3, -0.25) is 9.52 Å². The zero-order valence-electron chi connectivity index (χ0n) is 19.4. The van der Waals surface area contributed by atoms with Crippen LogP contribution in [0.2, 0.25) is 0 Å². The molecule has 36 heavy (non-hydrogen) atoms. The number of amides is 1. The van der Waals surface area contributed by atoms with Crippen molar-refractivity contribution in [2.24, 2.45) is 5.10 Å². The Balaban J connectivity index is 1.36. The number of hydrogen-bond acceptors (Lipinski definition) is 5. The van der Waals surface area contributed by atoms with Crippen molar-refractivity contribution in [3.05, 3.63) is 120 Å². The molecule has 0 fully saturated rings. The van der Waals surface area contributed by atoms with Crippen LogP contribution in [0, 0.1) is 0 Å². The Kier molecular flexibility index (Phi) is 6.26. The van der Waals surface area contributed by atoms with Crippen LogP contribution in [-0.4, -0.2) is 20.0 Å². The normalized spacial score (nSPS) is 13.2. The molecule has 8 heteroatoms. The van der Waals surface area contributed by atoms with Crippen LogP contribution in [0.3, 0.4) is 0 Å². The summed E-state index contributed by atoms with van der Waals surface area (Å²) in [6.07, 6.45) is 0. The number of fused-ring (bicyclic) bond motifs is 2. The van der Waals surface area contributed by atoms with Gasteiger partial charge in [0, 0.05) is 16.8 Å². The van der Waals surface area contributed by atoms with Crippen molar-refractivity contribution in [1.82, 2.24) is 5.43 Å². The SMILES string of the molecule is CC(=NNC(=O)C1c2ccccc2Oc2ccccc21)c1cccc(NS(=O)(=O)c2ccccc2)c1. The average molecular weight is 498 g/mol. The molecule has 1 aliphatic heterocycles. The van der Waals surface area contributed by atoms with Gasteiger partial charge in [-0.2, -0.15) is 5.10 Å². The first-order valence-electron chi connectivity index (χ1n) is 11.3. The van der Waals surface area contributed by atoms with E-state index in [1.807, 2.05) is 48.5 Å². The molecule has 1 heterocycles. The van der Waals surface area contributed by atoms with E-state index >= 15 is 0 Å². The molecule has 1 amide bonds. The maximum atomic E-state index is 13.3. The number of hydrogen-bond donors (Lipinski definition) is 2. The van der Waals surface area contributed by atoms with Crippen LogP contribution in [0.25, 0.3) is 0 Å². The molecule has 0 unspecified atom stereocenters. The summed E-state index contributed by atoms with van der Waals surface area (Å²) in [5.41, 5.74) is 5.79. The topological polar surface area (TPSA) is 96.9 Å². The van der Waals surface area contributed by atoms with Crippen LogP contribution in [0.15, 0.2) is 113 Å². The van der Waals surface area contributed by atoms with Crippen molar-refractivity contribution in [3.63, 3.8) is 0 Å². The van der Waals surface area contributed by atoms with Crippen LogP contribution in [0.1, 0.15) is 29.5 Å². The summed E-state index contributed by atoms with van der Waals surface area (Å²) in [6, 6.07) is 29.9. The number of nitrogens with one attached hydrogen (secondary N) is 2. The number of carbonyl (C=O) groups is 1. The molecule has 7 nitrogen and oxygen atoms in total. The minimum Gasteiger partial charge on any atom is -0.457 e. The highest BCUT2D eigenvalue weighted by Crippen LogP contribution is 2.43. The van der Waals surface area contributed by atoms with Gasteiger partial charge in [-0.15, -0.1) is 0 Å². The van der Waals surface area contributed by atoms with Gasteiger partial charge in [0.15, 0.2) is 0 Å². The molecule has 4 aromatic rings. The first-order chi connectivity index (χ1) is 17.4. The molecule has 0 atom stereocenters. The van der Waals surface area contributed by atoms with Gasteiger partial charge in [0.05, 0.1) is 16.5 Å². The van der Waals surface area contributed by atoms with Gasteiger partial charge in [0.1, 0.15) is 11.5 Å². The van der Waals surface area contributed by atoms with Crippen LogP contribution < -0.4 is 14.9 Å². The summed E-state index contributed by atoms with van der Waals surface area (Å²) in [6.45, 7) is 1.75. The second-order valence-corrected chi connectivity index (χ2v) is 9.97. The summed E-state index contributed by atoms with van der Waals surface area (Å²) in [5.74, 6) is 0.399. The lowest BCUT2D eigenvalue weighted by molar-refractivity contribution is -0.121. The number of ether oxygens (including phenoxy) is 1. The smallest absolute Gasteiger partial charge is 0.261 e. The van der Waals surface area contributed by atoms with E-state index in [-0.39, 0.29) is 10.8 Å². The largest absolute Gasteiger partial charge is 0.457 e. The number of hydrazone groups is 1. The predicted molar refractivity (Wildman–Crippen MR) is 139 cm³/mol. The van der Waals surface area contributed by atoms with E-state index in [4.69, 9.17) is 4.74 Å². The molecule has 0 radical (unpaired) electrons. The van der Waals surface area contributed by atoms with E-state index in [2.05, 4.69) is 15.2 Å². The summed E-state index contributed by atoms with van der Waals surface area (Å²) in [7, 11) is -3.72. The van der Waals surface area contributed by atoms with Gasteiger partial charge in [-0.1, -0.05) is 66.7 Å². The van der Waals surface area contributed by atoms with Crippen LogP contribution in [0.4, 0.5) is 5.69 Å². The van der Waals surface area contributed by atoms with Crippen molar-refractivity contribution in [2.45, 2.75) is 17.7 Å². The van der Waals surface area contributed by atoms with E-state index < -0.39 is 15.9 Å². The van der Waals surface area contributed by atoms with E-state index in [1.54, 1.807) is 49.4 Å². The van der Waals surface area contributed by atoms with Crippen molar-refractivity contribution >= 4 is 27.3 Å². The summed E-state index contributed by atoms with van der Waals surface area (Å²) in [5, 5.41) is 4.31. The third kappa shape index (κ3) is 4.71. The first-order valence-corrected chi connectivity index (χ1v) is 12.8. The molecule has 180 valence electrons. The molecule has 0 saturated heterocycles. The van der Waals surface area contributed by atoms with Gasteiger partial charge < -0.3 is 4.74 Å². The summed E-state index contributed by atoms with van der Waals surface area (Å²) >= 11 is 0. The Morgan fingerprint density at radius 3 is 2.08 bits per heavy atom. The highest BCUT2D eigenvalue weighted by atomic mass is 32.2.